The van der Waals surface area contributed by atoms with Gasteiger partial charge in [0.05, 0.1) is 0 Å². The zero-order chi connectivity index (χ0) is 16.9. The standard InChI is InChI=1S/C21H22N4/c1-3-9-18(10-4-1)17-25(19-11-5-2-6-12-19)20-13-14-22-21(23-20)24-15-7-8-16-24/h1-6,9-14H,7-8,15-17H2. The number of anilines is 3. The van der Waals surface area contributed by atoms with Crippen LogP contribution in [0.1, 0.15) is 18.4 Å². The van der Waals surface area contributed by atoms with Crippen molar-refractivity contribution in [3.63, 3.8) is 0 Å². The average molecular weight is 330 g/mol. The maximum atomic E-state index is 4.87. The van der Waals surface area contributed by atoms with Crippen LogP contribution in [-0.2, 0) is 6.54 Å². The normalized spacial score (nSPS) is 13.8. The van der Waals surface area contributed by atoms with Crippen molar-refractivity contribution < 1.29 is 0 Å². The lowest BCUT2D eigenvalue weighted by atomic mass is 10.2. The quantitative estimate of drug-likeness (QED) is 0.693. The van der Waals surface area contributed by atoms with Gasteiger partial charge in [-0.2, -0.15) is 4.98 Å². The van der Waals surface area contributed by atoms with E-state index in [0.717, 1.165) is 37.1 Å². The van der Waals surface area contributed by atoms with Crippen LogP contribution < -0.4 is 9.80 Å². The molecule has 0 bridgehead atoms. The summed E-state index contributed by atoms with van der Waals surface area (Å²) in [4.78, 5) is 13.9. The zero-order valence-corrected chi connectivity index (χ0v) is 14.3. The van der Waals surface area contributed by atoms with E-state index >= 15 is 0 Å². The van der Waals surface area contributed by atoms with Gasteiger partial charge >= 0.3 is 0 Å². The zero-order valence-electron chi connectivity index (χ0n) is 14.3. The lowest BCUT2D eigenvalue weighted by Crippen LogP contribution is -2.23. The third-order valence-corrected chi connectivity index (χ3v) is 4.54. The van der Waals surface area contributed by atoms with Crippen LogP contribution in [0.4, 0.5) is 17.5 Å². The molecule has 1 aromatic heterocycles. The molecule has 25 heavy (non-hydrogen) atoms. The van der Waals surface area contributed by atoms with Gasteiger partial charge in [0, 0.05) is 31.5 Å². The number of hydrogen-bond acceptors (Lipinski definition) is 4. The van der Waals surface area contributed by atoms with E-state index in [1.54, 1.807) is 0 Å². The molecule has 0 aliphatic carbocycles. The summed E-state index contributed by atoms with van der Waals surface area (Å²) in [6.45, 7) is 2.88. The Morgan fingerprint density at radius 1 is 0.840 bits per heavy atom. The van der Waals surface area contributed by atoms with Crippen LogP contribution >= 0.6 is 0 Å². The topological polar surface area (TPSA) is 32.3 Å². The van der Waals surface area contributed by atoms with E-state index in [-0.39, 0.29) is 0 Å². The molecule has 0 unspecified atom stereocenters. The highest BCUT2D eigenvalue weighted by Gasteiger charge is 2.17. The summed E-state index contributed by atoms with van der Waals surface area (Å²) in [5.74, 6) is 1.77. The second-order valence-electron chi connectivity index (χ2n) is 6.32. The first-order valence-corrected chi connectivity index (χ1v) is 8.85. The summed E-state index contributed by atoms with van der Waals surface area (Å²) in [7, 11) is 0. The van der Waals surface area contributed by atoms with E-state index in [9.17, 15) is 0 Å². The summed E-state index contributed by atoms with van der Waals surface area (Å²) in [5, 5.41) is 0. The minimum absolute atomic E-state index is 0.779. The van der Waals surface area contributed by atoms with Gasteiger partial charge in [-0.3, -0.25) is 0 Å². The molecule has 0 N–H and O–H groups in total. The fourth-order valence-electron chi connectivity index (χ4n) is 3.24. The molecule has 0 spiro atoms. The van der Waals surface area contributed by atoms with Gasteiger partial charge < -0.3 is 9.80 Å². The van der Waals surface area contributed by atoms with Gasteiger partial charge in [-0.25, -0.2) is 4.98 Å². The molecule has 1 aliphatic rings. The first-order chi connectivity index (χ1) is 12.4. The van der Waals surface area contributed by atoms with Crippen LogP contribution in [0, 0.1) is 0 Å². The number of hydrogen-bond donors (Lipinski definition) is 0. The number of rotatable bonds is 5. The Kier molecular flexibility index (Phi) is 4.59. The minimum Gasteiger partial charge on any atom is -0.341 e. The highest BCUT2D eigenvalue weighted by atomic mass is 15.3. The SMILES string of the molecule is c1ccc(CN(c2ccccc2)c2ccnc(N3CCCC3)n2)cc1. The second kappa shape index (κ2) is 7.34. The Bertz CT molecular complexity index is 798. The van der Waals surface area contributed by atoms with Gasteiger partial charge in [0.15, 0.2) is 0 Å². The third kappa shape index (κ3) is 3.63. The molecule has 2 heterocycles. The summed E-state index contributed by atoms with van der Waals surface area (Å²) in [6, 6.07) is 22.9. The smallest absolute Gasteiger partial charge is 0.227 e. The fraction of sp³-hybridized carbons (Fsp3) is 0.238. The highest BCUT2D eigenvalue weighted by Crippen LogP contribution is 2.27. The van der Waals surface area contributed by atoms with Gasteiger partial charge in [0.25, 0.3) is 0 Å². The van der Waals surface area contributed by atoms with Crippen molar-refractivity contribution in [2.45, 2.75) is 19.4 Å². The molecule has 3 aromatic rings. The Balaban J connectivity index is 1.69. The van der Waals surface area contributed by atoms with Gasteiger partial charge in [-0.05, 0) is 36.6 Å². The number of para-hydroxylation sites is 1. The molecular formula is C21H22N4. The van der Waals surface area contributed by atoms with Crippen molar-refractivity contribution in [1.29, 1.82) is 0 Å². The lowest BCUT2D eigenvalue weighted by molar-refractivity contribution is 0.876. The van der Waals surface area contributed by atoms with Gasteiger partial charge in [-0.1, -0.05) is 48.5 Å². The van der Waals surface area contributed by atoms with Crippen molar-refractivity contribution in [2.24, 2.45) is 0 Å². The minimum atomic E-state index is 0.779. The number of nitrogens with zero attached hydrogens (tertiary/aromatic N) is 4. The molecule has 0 saturated carbocycles. The predicted octanol–water partition coefficient (Wildman–Crippen LogP) is 4.42. The van der Waals surface area contributed by atoms with Crippen LogP contribution in [-0.4, -0.2) is 23.1 Å². The maximum absolute atomic E-state index is 4.87. The van der Waals surface area contributed by atoms with Crippen LogP contribution in [0.2, 0.25) is 0 Å². The van der Waals surface area contributed by atoms with E-state index < -0.39 is 0 Å². The molecule has 0 atom stereocenters. The molecule has 1 saturated heterocycles. The van der Waals surface area contributed by atoms with Crippen molar-refractivity contribution in [3.05, 3.63) is 78.5 Å². The molecule has 126 valence electrons. The largest absolute Gasteiger partial charge is 0.341 e. The Labute approximate surface area is 148 Å². The van der Waals surface area contributed by atoms with Crippen molar-refractivity contribution in [2.75, 3.05) is 22.9 Å². The van der Waals surface area contributed by atoms with Crippen molar-refractivity contribution in [3.8, 4) is 0 Å². The van der Waals surface area contributed by atoms with E-state index in [1.165, 1.54) is 18.4 Å². The molecule has 4 nitrogen and oxygen atoms in total. The van der Waals surface area contributed by atoms with Gasteiger partial charge in [0.1, 0.15) is 5.82 Å². The Morgan fingerprint density at radius 3 is 2.24 bits per heavy atom. The first kappa shape index (κ1) is 15.6. The van der Waals surface area contributed by atoms with Gasteiger partial charge in [-0.15, -0.1) is 0 Å². The fourth-order valence-corrected chi connectivity index (χ4v) is 3.24. The average Bonchev–Trinajstić information content (AvgIpc) is 3.23. The summed E-state index contributed by atoms with van der Waals surface area (Å²) >= 11 is 0. The molecule has 1 aliphatic heterocycles. The Morgan fingerprint density at radius 2 is 1.52 bits per heavy atom. The summed E-state index contributed by atoms with van der Waals surface area (Å²) in [5.41, 5.74) is 2.39. The molecule has 0 radical (unpaired) electrons. The number of benzene rings is 2. The third-order valence-electron chi connectivity index (χ3n) is 4.54. The maximum Gasteiger partial charge on any atom is 0.227 e. The predicted molar refractivity (Wildman–Crippen MR) is 102 cm³/mol. The van der Waals surface area contributed by atoms with Crippen molar-refractivity contribution in [1.82, 2.24) is 9.97 Å². The highest BCUT2D eigenvalue weighted by molar-refractivity contribution is 5.61. The summed E-state index contributed by atoms with van der Waals surface area (Å²) < 4.78 is 0. The molecule has 4 heteroatoms. The Hall–Kier alpha value is -2.88. The van der Waals surface area contributed by atoms with E-state index in [4.69, 9.17) is 4.98 Å². The molecule has 0 amide bonds. The van der Waals surface area contributed by atoms with Gasteiger partial charge in [0.2, 0.25) is 5.95 Å². The van der Waals surface area contributed by atoms with Crippen molar-refractivity contribution >= 4 is 17.5 Å². The van der Waals surface area contributed by atoms with E-state index in [1.807, 2.05) is 24.4 Å². The molecule has 2 aromatic carbocycles. The molecule has 1 fully saturated rings. The van der Waals surface area contributed by atoms with Crippen LogP contribution in [0.25, 0.3) is 0 Å². The first-order valence-electron chi connectivity index (χ1n) is 8.85. The number of aromatic nitrogens is 2. The van der Waals surface area contributed by atoms with E-state index in [0.29, 0.717) is 0 Å². The van der Waals surface area contributed by atoms with E-state index in [2.05, 4.69) is 63.3 Å². The second-order valence-corrected chi connectivity index (χ2v) is 6.32. The monoisotopic (exact) mass is 330 g/mol. The lowest BCUT2D eigenvalue weighted by Gasteiger charge is -2.25. The molecule has 4 rings (SSSR count). The van der Waals surface area contributed by atoms with Crippen LogP contribution in [0.15, 0.2) is 72.9 Å². The molecular weight excluding hydrogens is 308 g/mol. The van der Waals surface area contributed by atoms with Crippen LogP contribution in [0.5, 0.6) is 0 Å². The van der Waals surface area contributed by atoms with Crippen LogP contribution in [0.3, 0.4) is 0 Å². The summed E-state index contributed by atoms with van der Waals surface area (Å²) in [6.07, 6.45) is 4.32.